The molecule has 18 heavy (non-hydrogen) atoms. The van der Waals surface area contributed by atoms with E-state index in [-0.39, 0.29) is 35.9 Å². The van der Waals surface area contributed by atoms with Crippen LogP contribution in [0.4, 0.5) is 4.79 Å². The van der Waals surface area contributed by atoms with E-state index in [0.717, 1.165) is 0 Å². The van der Waals surface area contributed by atoms with Gasteiger partial charge in [0.1, 0.15) is 18.1 Å². The van der Waals surface area contributed by atoms with Crippen LogP contribution in [-0.4, -0.2) is 22.9 Å². The molecule has 1 amide bonds. The lowest BCUT2D eigenvalue weighted by Gasteiger charge is -2.38. The predicted octanol–water partition coefficient (Wildman–Crippen LogP) is 2.33. The summed E-state index contributed by atoms with van der Waals surface area (Å²) in [6.45, 7) is 4.10. The highest BCUT2D eigenvalue weighted by Gasteiger charge is 2.39. The average molecular weight is 274 g/mol. The summed E-state index contributed by atoms with van der Waals surface area (Å²) in [5.41, 5.74) is 0.130. The molecule has 1 atom stereocenters. The van der Waals surface area contributed by atoms with E-state index in [0.29, 0.717) is 5.56 Å². The maximum Gasteiger partial charge on any atom is 0.407 e. The van der Waals surface area contributed by atoms with Gasteiger partial charge in [-0.05, 0) is 18.2 Å². The number of cyclic esters (lactones) is 1. The third-order valence-corrected chi connectivity index (χ3v) is 2.94. The quantitative estimate of drug-likeness (QED) is 0.686. The van der Waals surface area contributed by atoms with Gasteiger partial charge in [0, 0.05) is 11.0 Å². The SMILES string of the molecule is CC1(C)COC(=O)N[C@@H]1c1cc(O)ccc1O.Cl. The molecule has 0 aliphatic carbocycles. The van der Waals surface area contributed by atoms with Crippen molar-refractivity contribution in [3.05, 3.63) is 23.8 Å². The summed E-state index contributed by atoms with van der Waals surface area (Å²) in [6.07, 6.45) is -0.517. The Morgan fingerprint density at radius 2 is 2.06 bits per heavy atom. The molecule has 3 N–H and O–H groups in total. The number of rotatable bonds is 1. The van der Waals surface area contributed by atoms with Crippen molar-refractivity contribution in [2.75, 3.05) is 6.61 Å². The number of aromatic hydroxyl groups is 2. The Balaban J connectivity index is 0.00000162. The topological polar surface area (TPSA) is 78.8 Å². The lowest BCUT2D eigenvalue weighted by atomic mass is 9.80. The third-order valence-electron chi connectivity index (χ3n) is 2.94. The number of halogens is 1. The standard InChI is InChI=1S/C12H15NO4.ClH/c1-12(2)6-17-11(16)13-10(12)8-5-7(14)3-4-9(8)15;/h3-5,10,14-15H,6H2,1-2H3,(H,13,16);1H/t10-;/m1./s1. The molecule has 1 heterocycles. The van der Waals surface area contributed by atoms with Crippen LogP contribution in [0.2, 0.25) is 0 Å². The Morgan fingerprint density at radius 3 is 2.72 bits per heavy atom. The van der Waals surface area contributed by atoms with Crippen LogP contribution in [0.1, 0.15) is 25.5 Å². The number of phenols is 2. The highest BCUT2D eigenvalue weighted by atomic mass is 35.5. The van der Waals surface area contributed by atoms with Crippen molar-refractivity contribution in [1.82, 2.24) is 5.32 Å². The molecule has 0 spiro atoms. The highest BCUT2D eigenvalue weighted by molar-refractivity contribution is 5.85. The number of alkyl carbamates (subject to hydrolysis) is 1. The Hall–Kier alpha value is -1.62. The number of phenolic OH excluding ortho intramolecular Hbond substituents is 2. The molecule has 6 heteroatoms. The van der Waals surface area contributed by atoms with Gasteiger partial charge in [0.2, 0.25) is 0 Å². The molecule has 0 saturated carbocycles. The van der Waals surface area contributed by atoms with Crippen LogP contribution < -0.4 is 5.32 Å². The van der Waals surface area contributed by atoms with Gasteiger partial charge in [-0.1, -0.05) is 13.8 Å². The molecular weight excluding hydrogens is 258 g/mol. The second-order valence-electron chi connectivity index (χ2n) is 4.89. The zero-order chi connectivity index (χ0) is 12.6. The van der Waals surface area contributed by atoms with Gasteiger partial charge >= 0.3 is 6.09 Å². The molecule has 0 radical (unpaired) electrons. The summed E-state index contributed by atoms with van der Waals surface area (Å²) in [5.74, 6) is 0.0948. The van der Waals surface area contributed by atoms with Crippen LogP contribution in [0.3, 0.4) is 0 Å². The number of benzene rings is 1. The van der Waals surface area contributed by atoms with Crippen molar-refractivity contribution in [3.63, 3.8) is 0 Å². The molecule has 100 valence electrons. The monoisotopic (exact) mass is 273 g/mol. The molecule has 1 aliphatic heterocycles. The Bertz CT molecular complexity index is 461. The van der Waals surface area contributed by atoms with Crippen molar-refractivity contribution in [1.29, 1.82) is 0 Å². The molecule has 1 aliphatic rings. The van der Waals surface area contributed by atoms with Crippen LogP contribution in [0.25, 0.3) is 0 Å². The van der Waals surface area contributed by atoms with Crippen LogP contribution in [0.15, 0.2) is 18.2 Å². The molecule has 0 bridgehead atoms. The lowest BCUT2D eigenvalue weighted by Crippen LogP contribution is -2.46. The molecular formula is C12H16ClNO4. The van der Waals surface area contributed by atoms with E-state index < -0.39 is 12.1 Å². The van der Waals surface area contributed by atoms with Gasteiger partial charge in [0.15, 0.2) is 0 Å². The Kier molecular flexibility index (Phi) is 3.96. The minimum absolute atomic E-state index is 0. The molecule has 0 unspecified atom stereocenters. The Labute approximate surface area is 111 Å². The van der Waals surface area contributed by atoms with E-state index in [9.17, 15) is 15.0 Å². The maximum absolute atomic E-state index is 11.3. The molecule has 5 nitrogen and oxygen atoms in total. The van der Waals surface area contributed by atoms with Crippen LogP contribution >= 0.6 is 12.4 Å². The molecule has 1 fully saturated rings. The highest BCUT2D eigenvalue weighted by Crippen LogP contribution is 2.40. The largest absolute Gasteiger partial charge is 0.508 e. The minimum Gasteiger partial charge on any atom is -0.508 e. The number of carbonyl (C=O) groups is 1. The number of ether oxygens (including phenoxy) is 1. The number of hydrogen-bond acceptors (Lipinski definition) is 4. The molecule has 2 rings (SSSR count). The summed E-state index contributed by atoms with van der Waals surface area (Å²) in [5, 5.41) is 21.9. The van der Waals surface area contributed by atoms with Crippen LogP contribution in [0, 0.1) is 5.41 Å². The van der Waals surface area contributed by atoms with Crippen molar-refractivity contribution in [2.45, 2.75) is 19.9 Å². The summed E-state index contributed by atoms with van der Waals surface area (Å²) >= 11 is 0. The molecule has 1 aromatic carbocycles. The van der Waals surface area contributed by atoms with E-state index in [1.807, 2.05) is 13.8 Å². The fourth-order valence-corrected chi connectivity index (χ4v) is 1.96. The average Bonchev–Trinajstić information content (AvgIpc) is 2.26. The van der Waals surface area contributed by atoms with E-state index in [1.165, 1.54) is 18.2 Å². The van der Waals surface area contributed by atoms with Crippen molar-refractivity contribution >= 4 is 18.5 Å². The zero-order valence-electron chi connectivity index (χ0n) is 10.1. The summed E-state index contributed by atoms with van der Waals surface area (Å²) in [4.78, 5) is 11.3. The first-order valence-electron chi connectivity index (χ1n) is 5.35. The molecule has 0 aromatic heterocycles. The van der Waals surface area contributed by atoms with Gasteiger partial charge < -0.3 is 20.3 Å². The van der Waals surface area contributed by atoms with Gasteiger partial charge in [-0.3, -0.25) is 0 Å². The van der Waals surface area contributed by atoms with E-state index in [1.54, 1.807) is 0 Å². The number of amides is 1. The first-order valence-corrected chi connectivity index (χ1v) is 5.35. The summed E-state index contributed by atoms with van der Waals surface area (Å²) < 4.78 is 4.92. The van der Waals surface area contributed by atoms with Crippen LogP contribution in [-0.2, 0) is 4.74 Å². The summed E-state index contributed by atoms with van der Waals surface area (Å²) in [6, 6.07) is 3.86. The third kappa shape index (κ3) is 2.61. The van der Waals surface area contributed by atoms with Crippen molar-refractivity contribution < 1.29 is 19.7 Å². The first kappa shape index (κ1) is 14.4. The number of hydrogen-bond donors (Lipinski definition) is 3. The van der Waals surface area contributed by atoms with Gasteiger partial charge in [-0.25, -0.2) is 4.79 Å². The van der Waals surface area contributed by atoms with E-state index >= 15 is 0 Å². The fourth-order valence-electron chi connectivity index (χ4n) is 1.96. The van der Waals surface area contributed by atoms with E-state index in [4.69, 9.17) is 4.74 Å². The minimum atomic E-state index is -0.517. The lowest BCUT2D eigenvalue weighted by molar-refractivity contribution is 0.0380. The second kappa shape index (κ2) is 4.94. The predicted molar refractivity (Wildman–Crippen MR) is 68.0 cm³/mol. The molecule has 1 aromatic rings. The zero-order valence-corrected chi connectivity index (χ0v) is 11.0. The Morgan fingerprint density at radius 1 is 1.39 bits per heavy atom. The maximum atomic E-state index is 11.3. The van der Waals surface area contributed by atoms with Gasteiger partial charge in [0.25, 0.3) is 0 Å². The fraction of sp³-hybridized carbons (Fsp3) is 0.417. The second-order valence-corrected chi connectivity index (χ2v) is 4.89. The number of carbonyl (C=O) groups excluding carboxylic acids is 1. The van der Waals surface area contributed by atoms with Gasteiger partial charge in [-0.15, -0.1) is 12.4 Å². The van der Waals surface area contributed by atoms with Crippen molar-refractivity contribution in [3.8, 4) is 11.5 Å². The first-order chi connectivity index (χ1) is 7.90. The number of nitrogens with one attached hydrogen (secondary N) is 1. The van der Waals surface area contributed by atoms with Gasteiger partial charge in [-0.2, -0.15) is 0 Å². The van der Waals surface area contributed by atoms with Crippen molar-refractivity contribution in [2.24, 2.45) is 5.41 Å². The normalized spacial score (nSPS) is 21.4. The van der Waals surface area contributed by atoms with E-state index in [2.05, 4.69) is 5.32 Å². The summed E-state index contributed by atoms with van der Waals surface area (Å²) in [7, 11) is 0. The van der Waals surface area contributed by atoms with Crippen LogP contribution in [0.5, 0.6) is 11.5 Å². The van der Waals surface area contributed by atoms with Gasteiger partial charge in [0.05, 0.1) is 6.04 Å². The molecule has 1 saturated heterocycles. The smallest absolute Gasteiger partial charge is 0.407 e.